The van der Waals surface area contributed by atoms with Crippen molar-refractivity contribution in [2.24, 2.45) is 0 Å². The molecule has 0 bridgehead atoms. The van der Waals surface area contributed by atoms with Crippen molar-refractivity contribution in [3.05, 3.63) is 21.0 Å². The fourth-order valence-electron chi connectivity index (χ4n) is 0.248. The van der Waals surface area contributed by atoms with Crippen molar-refractivity contribution in [3.8, 4) is 0 Å². The second-order valence-electron chi connectivity index (χ2n) is 0.942. The second kappa shape index (κ2) is 1.83. The molecule has 1 aromatic heterocycles. The predicted octanol–water partition coefficient (Wildman–Crippen LogP) is 1.40. The van der Waals surface area contributed by atoms with Gasteiger partial charge in [-0.05, 0) is 0 Å². The van der Waals surface area contributed by atoms with Gasteiger partial charge in [-0.1, -0.05) is 0 Å². The molecule has 0 saturated carbocycles. The van der Waals surface area contributed by atoms with Crippen LogP contribution in [-0.2, 0) is 0 Å². The van der Waals surface area contributed by atoms with E-state index in [0.717, 1.165) is 5.02 Å². The first kappa shape index (κ1) is 4.45. The van der Waals surface area contributed by atoms with Gasteiger partial charge in [0.05, 0.1) is 0 Å². The van der Waals surface area contributed by atoms with E-state index in [1.54, 1.807) is 0 Å². The summed E-state index contributed by atoms with van der Waals surface area (Å²) in [6.45, 7) is 0. The summed E-state index contributed by atoms with van der Waals surface area (Å²) in [6.07, 6.45) is 0. The fourth-order valence-corrected chi connectivity index (χ4v) is 1.82. The molecule has 0 fully saturated rings. The van der Waals surface area contributed by atoms with E-state index in [1.165, 1.54) is 0 Å². The van der Waals surface area contributed by atoms with Crippen LogP contribution >= 0.6 is 11.6 Å². The summed E-state index contributed by atoms with van der Waals surface area (Å²) >= 11 is 6.07. The molecule has 0 aliphatic heterocycles. The van der Waals surface area contributed by atoms with Crippen LogP contribution in [0.4, 0.5) is 0 Å². The van der Waals surface area contributed by atoms with Crippen LogP contribution in [-0.4, -0.2) is 14.5 Å². The van der Waals surface area contributed by atoms with Crippen molar-refractivity contribution < 1.29 is 0 Å². The molecule has 0 aliphatic rings. The molecule has 0 saturated heterocycles. The van der Waals surface area contributed by atoms with E-state index in [1.807, 2.05) is 11.0 Å². The normalized spacial score (nSPS) is 8.83. The molecule has 2 heteroatoms. The molecule has 0 radical (unpaired) electrons. The van der Waals surface area contributed by atoms with Gasteiger partial charge >= 0.3 is 47.1 Å². The monoisotopic (exact) mass is 166 g/mol. The summed E-state index contributed by atoms with van der Waals surface area (Å²) in [5.74, 6) is 0. The molecule has 1 heterocycles. The fraction of sp³-hybridized carbons (Fsp3) is 0. The summed E-state index contributed by atoms with van der Waals surface area (Å²) < 4.78 is 0. The van der Waals surface area contributed by atoms with Gasteiger partial charge in [0.2, 0.25) is 0 Å². The molecule has 0 atom stereocenters. The SMILES string of the molecule is Clc1cc[se]c1. The van der Waals surface area contributed by atoms with E-state index < -0.39 is 0 Å². The Morgan fingerprint density at radius 1 is 1.67 bits per heavy atom. The Morgan fingerprint density at radius 3 is 2.67 bits per heavy atom. The van der Waals surface area contributed by atoms with Gasteiger partial charge in [0.25, 0.3) is 0 Å². The maximum absolute atomic E-state index is 5.50. The Kier molecular flexibility index (Phi) is 1.36. The van der Waals surface area contributed by atoms with Crippen LogP contribution < -0.4 is 0 Å². The third-order valence-electron chi connectivity index (χ3n) is 0.486. The van der Waals surface area contributed by atoms with Crippen molar-refractivity contribution in [1.29, 1.82) is 0 Å². The minimum absolute atomic E-state index is 0.567. The Bertz CT molecular complexity index is 111. The number of hydrogen-bond donors (Lipinski definition) is 0. The van der Waals surface area contributed by atoms with Gasteiger partial charge < -0.3 is 0 Å². The molecule has 1 aromatic rings. The standard InChI is InChI=1S/C4H3ClSe/c5-4-1-2-6-3-4/h1-3H. The first-order valence-corrected chi connectivity index (χ1v) is 3.93. The summed E-state index contributed by atoms with van der Waals surface area (Å²) in [6, 6.07) is 1.93. The third-order valence-corrected chi connectivity index (χ3v) is 2.45. The van der Waals surface area contributed by atoms with Crippen molar-refractivity contribution in [2.75, 3.05) is 0 Å². The molecule has 0 spiro atoms. The van der Waals surface area contributed by atoms with Gasteiger partial charge in [0.1, 0.15) is 0 Å². The van der Waals surface area contributed by atoms with E-state index in [9.17, 15) is 0 Å². The van der Waals surface area contributed by atoms with E-state index in [4.69, 9.17) is 11.6 Å². The zero-order valence-corrected chi connectivity index (χ0v) is 5.49. The van der Waals surface area contributed by atoms with Crippen LogP contribution in [0.25, 0.3) is 0 Å². The summed E-state index contributed by atoms with van der Waals surface area (Å²) in [5, 5.41) is 0.898. The van der Waals surface area contributed by atoms with Gasteiger partial charge in [-0.2, -0.15) is 0 Å². The molecule has 6 heavy (non-hydrogen) atoms. The van der Waals surface area contributed by atoms with E-state index in [0.29, 0.717) is 14.5 Å². The topological polar surface area (TPSA) is 0 Å². The van der Waals surface area contributed by atoms with E-state index in [2.05, 4.69) is 4.94 Å². The average Bonchev–Trinajstić information content (AvgIpc) is 1.86. The van der Waals surface area contributed by atoms with Gasteiger partial charge in [0, 0.05) is 0 Å². The predicted molar refractivity (Wildman–Crippen MR) is 28.4 cm³/mol. The molecule has 32 valence electrons. The molecule has 0 amide bonds. The zero-order chi connectivity index (χ0) is 4.41. The Hall–Kier alpha value is 0.289. The third kappa shape index (κ3) is 0.874. The van der Waals surface area contributed by atoms with Crippen LogP contribution in [0.1, 0.15) is 0 Å². The number of halogens is 1. The maximum atomic E-state index is 5.50. The second-order valence-corrected chi connectivity index (χ2v) is 3.01. The van der Waals surface area contributed by atoms with Gasteiger partial charge in [-0.3, -0.25) is 0 Å². The van der Waals surface area contributed by atoms with E-state index >= 15 is 0 Å². The zero-order valence-electron chi connectivity index (χ0n) is 3.02. The summed E-state index contributed by atoms with van der Waals surface area (Å²) in [5.41, 5.74) is 0. The van der Waals surface area contributed by atoms with Crippen molar-refractivity contribution in [2.45, 2.75) is 0 Å². The Labute approximate surface area is 47.5 Å². The van der Waals surface area contributed by atoms with Gasteiger partial charge in [-0.25, -0.2) is 0 Å². The molecular formula is C4H3ClSe. The van der Waals surface area contributed by atoms with Gasteiger partial charge in [-0.15, -0.1) is 0 Å². The number of hydrogen-bond acceptors (Lipinski definition) is 0. The van der Waals surface area contributed by atoms with Crippen molar-refractivity contribution in [3.63, 3.8) is 0 Å². The molecule has 0 N–H and O–H groups in total. The van der Waals surface area contributed by atoms with Crippen molar-refractivity contribution >= 4 is 26.1 Å². The average molecular weight is 165 g/mol. The summed E-state index contributed by atoms with van der Waals surface area (Å²) in [4.78, 5) is 4.13. The number of rotatable bonds is 0. The minimum atomic E-state index is 0.567. The van der Waals surface area contributed by atoms with Crippen LogP contribution in [0.3, 0.4) is 0 Å². The first-order chi connectivity index (χ1) is 2.89. The quantitative estimate of drug-likeness (QED) is 0.510. The Morgan fingerprint density at radius 2 is 2.50 bits per heavy atom. The molecule has 0 unspecified atom stereocenters. The van der Waals surface area contributed by atoms with Gasteiger partial charge in [0.15, 0.2) is 0 Å². The first-order valence-electron chi connectivity index (χ1n) is 1.57. The van der Waals surface area contributed by atoms with Crippen LogP contribution in [0, 0.1) is 0 Å². The Balaban J connectivity index is 3.05. The molecule has 1 rings (SSSR count). The molecule has 0 nitrogen and oxygen atoms in total. The van der Waals surface area contributed by atoms with E-state index in [-0.39, 0.29) is 0 Å². The van der Waals surface area contributed by atoms with Crippen LogP contribution in [0.5, 0.6) is 0 Å². The van der Waals surface area contributed by atoms with Crippen molar-refractivity contribution in [1.82, 2.24) is 0 Å². The van der Waals surface area contributed by atoms with Crippen LogP contribution in [0.15, 0.2) is 15.9 Å². The summed E-state index contributed by atoms with van der Waals surface area (Å²) in [7, 11) is 0. The van der Waals surface area contributed by atoms with Crippen LogP contribution in [0.2, 0.25) is 5.02 Å². The molecular weight excluding hydrogens is 162 g/mol. The molecule has 0 aliphatic carbocycles. The molecule has 0 aromatic carbocycles.